The molecular weight excluding hydrogens is 464 g/mol. The van der Waals surface area contributed by atoms with E-state index in [9.17, 15) is 4.79 Å². The summed E-state index contributed by atoms with van der Waals surface area (Å²) in [5, 5.41) is 2.90. The number of amidine groups is 2. The Bertz CT molecular complexity index is 1210. The largest absolute Gasteiger partial charge is 0.491 e. The maximum Gasteiger partial charge on any atom is 0.252 e. The van der Waals surface area contributed by atoms with Crippen molar-refractivity contribution in [2.45, 2.75) is 6.42 Å². The van der Waals surface area contributed by atoms with Crippen LogP contribution >= 0.6 is 0 Å². The Hall–Kier alpha value is -3.77. The van der Waals surface area contributed by atoms with Crippen molar-refractivity contribution in [3.63, 3.8) is 0 Å². The van der Waals surface area contributed by atoms with E-state index in [2.05, 4.69) is 20.2 Å². The molecule has 0 saturated carbocycles. The van der Waals surface area contributed by atoms with Crippen molar-refractivity contribution in [2.24, 2.45) is 15.7 Å². The Labute approximate surface area is 209 Å². The zero-order valence-electron chi connectivity index (χ0n) is 20.5. The van der Waals surface area contributed by atoms with Crippen LogP contribution in [0.2, 0.25) is 0 Å². The molecule has 0 aliphatic carbocycles. The molecule has 1 amide bonds. The number of amides is 1. The molecule has 3 N–H and O–H groups in total. The summed E-state index contributed by atoms with van der Waals surface area (Å²) in [6.07, 6.45) is 2.29. The molecule has 0 radical (unpaired) electrons. The second-order valence-corrected chi connectivity index (χ2v) is 8.51. The van der Waals surface area contributed by atoms with Gasteiger partial charge in [-0.15, -0.1) is 0 Å². The average molecular weight is 495 g/mol. The van der Waals surface area contributed by atoms with Crippen molar-refractivity contribution in [1.29, 1.82) is 0 Å². The number of methoxy groups -OCH3 is 1. The molecule has 0 atom stereocenters. The van der Waals surface area contributed by atoms with Crippen LogP contribution in [0.5, 0.6) is 11.5 Å². The van der Waals surface area contributed by atoms with Gasteiger partial charge >= 0.3 is 0 Å². The van der Waals surface area contributed by atoms with Crippen LogP contribution in [-0.2, 0) is 4.74 Å². The Kier molecular flexibility index (Phi) is 6.96. The maximum absolute atomic E-state index is 12.2. The van der Waals surface area contributed by atoms with Crippen molar-refractivity contribution >= 4 is 29.2 Å². The average Bonchev–Trinajstić information content (AvgIpc) is 3.40. The first-order chi connectivity index (χ1) is 17.6. The fourth-order valence-corrected chi connectivity index (χ4v) is 4.53. The predicted octanol–water partition coefficient (Wildman–Crippen LogP) is 0.881. The molecule has 1 fully saturated rings. The number of nitrogens with zero attached hydrogens (tertiary/aromatic N) is 6. The molecule has 0 unspecified atom stereocenters. The maximum atomic E-state index is 12.2. The van der Waals surface area contributed by atoms with Crippen molar-refractivity contribution in [2.75, 3.05) is 72.0 Å². The molecule has 36 heavy (non-hydrogen) atoms. The van der Waals surface area contributed by atoms with E-state index < -0.39 is 5.91 Å². The minimum Gasteiger partial charge on any atom is -0.491 e. The normalized spacial score (nSPS) is 17.1. The second kappa shape index (κ2) is 10.5. The molecule has 1 saturated heterocycles. The predicted molar refractivity (Wildman–Crippen MR) is 135 cm³/mol. The van der Waals surface area contributed by atoms with E-state index in [1.54, 1.807) is 14.2 Å². The summed E-state index contributed by atoms with van der Waals surface area (Å²) in [7, 11) is 3.29. The molecule has 3 aliphatic heterocycles. The summed E-state index contributed by atoms with van der Waals surface area (Å²) in [4.78, 5) is 34.8. The number of aliphatic imine (C=N–C) groups is 2. The van der Waals surface area contributed by atoms with Crippen LogP contribution in [0.25, 0.3) is 0 Å². The lowest BCUT2D eigenvalue weighted by Crippen LogP contribution is -2.39. The quantitative estimate of drug-likeness (QED) is 0.486. The fraction of sp³-hybridized carbons (Fsp3) is 0.458. The Morgan fingerprint density at radius 3 is 2.81 bits per heavy atom. The number of primary amides is 1. The van der Waals surface area contributed by atoms with E-state index >= 15 is 0 Å². The van der Waals surface area contributed by atoms with E-state index in [1.807, 2.05) is 17.0 Å². The van der Waals surface area contributed by atoms with Gasteiger partial charge in [-0.3, -0.25) is 14.7 Å². The van der Waals surface area contributed by atoms with Crippen LogP contribution in [0.4, 0.5) is 11.6 Å². The van der Waals surface area contributed by atoms with Gasteiger partial charge in [-0.1, -0.05) is 0 Å². The lowest BCUT2D eigenvalue weighted by Gasteiger charge is -2.29. The number of hydrogen-bond acceptors (Lipinski definition) is 11. The van der Waals surface area contributed by atoms with Crippen LogP contribution in [0.1, 0.15) is 28.0 Å². The summed E-state index contributed by atoms with van der Waals surface area (Å²) in [5.74, 6) is 2.03. The SMILES string of the molecule is CNc1ncc(C(N)=O)c(C2=Nc3c(ccc(OCCCN4CCOCC4)c3OC)C3=NCCN32)n1. The summed E-state index contributed by atoms with van der Waals surface area (Å²) < 4.78 is 17.3. The topological polar surface area (TPSA) is 140 Å². The van der Waals surface area contributed by atoms with Gasteiger partial charge < -0.3 is 30.2 Å². The lowest BCUT2D eigenvalue weighted by molar-refractivity contribution is 0.0357. The standard InChI is InChI=1S/C24H30N8O4/c1-26-24-28-14-16(21(25)33)19(30-24)23-29-18-15(22-27-6-8-32(22)23)4-5-17(20(18)34-2)36-11-3-7-31-9-12-35-13-10-31/h4-5,14H,3,6-13H2,1-2H3,(H2,25,33)(H,26,28,30). The van der Waals surface area contributed by atoms with E-state index in [-0.39, 0.29) is 5.56 Å². The number of hydrogen-bond donors (Lipinski definition) is 2. The summed E-state index contributed by atoms with van der Waals surface area (Å²) in [6.45, 7) is 6.13. The molecule has 12 heteroatoms. The number of nitrogens with two attached hydrogens (primary N) is 1. The van der Waals surface area contributed by atoms with Gasteiger partial charge in [0.2, 0.25) is 5.95 Å². The van der Waals surface area contributed by atoms with E-state index in [4.69, 9.17) is 29.9 Å². The Morgan fingerprint density at radius 1 is 1.22 bits per heavy atom. The van der Waals surface area contributed by atoms with Gasteiger partial charge in [0.25, 0.3) is 5.91 Å². The highest BCUT2D eigenvalue weighted by Gasteiger charge is 2.35. The molecule has 5 rings (SSSR count). The number of ether oxygens (including phenoxy) is 3. The molecular formula is C24H30N8O4. The third kappa shape index (κ3) is 4.56. The first-order valence-electron chi connectivity index (χ1n) is 12.0. The van der Waals surface area contributed by atoms with Gasteiger partial charge in [0, 0.05) is 45.0 Å². The highest BCUT2D eigenvalue weighted by molar-refractivity contribution is 6.22. The third-order valence-electron chi connectivity index (χ3n) is 6.32. The summed E-state index contributed by atoms with van der Waals surface area (Å²) >= 11 is 0. The Morgan fingerprint density at radius 2 is 2.06 bits per heavy atom. The third-order valence-corrected chi connectivity index (χ3v) is 6.32. The van der Waals surface area contributed by atoms with Gasteiger partial charge in [0.05, 0.1) is 39.0 Å². The summed E-state index contributed by atoms with van der Waals surface area (Å²) in [6, 6.07) is 3.84. The molecule has 190 valence electrons. The highest BCUT2D eigenvalue weighted by Crippen LogP contribution is 2.44. The molecule has 1 aromatic carbocycles. The highest BCUT2D eigenvalue weighted by atomic mass is 16.5. The molecule has 0 bridgehead atoms. The van der Waals surface area contributed by atoms with Gasteiger partial charge in [0.1, 0.15) is 17.2 Å². The summed E-state index contributed by atoms with van der Waals surface area (Å²) in [5.41, 5.74) is 7.57. The number of aromatic nitrogens is 2. The smallest absolute Gasteiger partial charge is 0.252 e. The first-order valence-corrected chi connectivity index (χ1v) is 12.0. The van der Waals surface area contributed by atoms with E-state index in [1.165, 1.54) is 6.20 Å². The molecule has 1 aromatic heterocycles. The molecule has 12 nitrogen and oxygen atoms in total. The lowest BCUT2D eigenvalue weighted by atomic mass is 10.1. The van der Waals surface area contributed by atoms with Crippen molar-refractivity contribution in [3.8, 4) is 11.5 Å². The number of carbonyl (C=O) groups is 1. The van der Waals surface area contributed by atoms with Gasteiger partial charge in [0.15, 0.2) is 17.3 Å². The van der Waals surface area contributed by atoms with Crippen LogP contribution in [0, 0.1) is 0 Å². The van der Waals surface area contributed by atoms with Crippen molar-refractivity contribution in [1.82, 2.24) is 19.8 Å². The monoisotopic (exact) mass is 494 g/mol. The molecule has 4 heterocycles. The number of rotatable bonds is 9. The van der Waals surface area contributed by atoms with Crippen molar-refractivity contribution in [3.05, 3.63) is 35.2 Å². The minimum absolute atomic E-state index is 0.178. The number of carbonyl (C=O) groups excluding carboxylic acids is 1. The first kappa shape index (κ1) is 23.9. The van der Waals surface area contributed by atoms with Gasteiger partial charge in [-0.05, 0) is 18.6 Å². The zero-order chi connectivity index (χ0) is 25.1. The van der Waals surface area contributed by atoms with E-state index in [0.29, 0.717) is 54.4 Å². The number of benzene rings is 1. The van der Waals surface area contributed by atoms with Crippen molar-refractivity contribution < 1.29 is 19.0 Å². The van der Waals surface area contributed by atoms with Crippen LogP contribution in [0.3, 0.4) is 0 Å². The minimum atomic E-state index is -0.636. The fourth-order valence-electron chi connectivity index (χ4n) is 4.53. The number of morpholine rings is 1. The van der Waals surface area contributed by atoms with Gasteiger partial charge in [-0.25, -0.2) is 15.0 Å². The molecule has 2 aromatic rings. The zero-order valence-corrected chi connectivity index (χ0v) is 20.5. The number of fused-ring (bicyclic) bond motifs is 3. The second-order valence-electron chi connectivity index (χ2n) is 8.51. The van der Waals surface area contributed by atoms with Crippen LogP contribution in [0.15, 0.2) is 28.3 Å². The van der Waals surface area contributed by atoms with Crippen LogP contribution < -0.4 is 20.5 Å². The molecule has 0 spiro atoms. The number of nitrogens with one attached hydrogen (secondary N) is 1. The number of anilines is 1. The molecule has 3 aliphatic rings. The Balaban J connectivity index is 1.48. The van der Waals surface area contributed by atoms with Gasteiger partial charge in [-0.2, -0.15) is 0 Å². The van der Waals surface area contributed by atoms with E-state index in [0.717, 1.165) is 50.7 Å². The van der Waals surface area contributed by atoms with Crippen LogP contribution in [-0.4, -0.2) is 104 Å².